The molecule has 2 aromatic carbocycles. The van der Waals surface area contributed by atoms with Crippen LogP contribution in [-0.2, 0) is 4.79 Å². The van der Waals surface area contributed by atoms with Crippen molar-refractivity contribution in [2.75, 3.05) is 18.1 Å². The van der Waals surface area contributed by atoms with E-state index in [-0.39, 0.29) is 24.5 Å². The number of rotatable bonds is 7. The van der Waals surface area contributed by atoms with Crippen LogP contribution in [0.5, 0.6) is 0 Å². The van der Waals surface area contributed by atoms with Gasteiger partial charge in [-0.05, 0) is 41.0 Å². The summed E-state index contributed by atoms with van der Waals surface area (Å²) in [6, 6.07) is 14.5. The molecule has 0 aliphatic heterocycles. The Morgan fingerprint density at radius 1 is 1.18 bits per heavy atom. The Morgan fingerprint density at radius 3 is 2.64 bits per heavy atom. The lowest BCUT2D eigenvalue weighted by Crippen LogP contribution is -2.28. The van der Waals surface area contributed by atoms with E-state index >= 15 is 0 Å². The van der Waals surface area contributed by atoms with Crippen molar-refractivity contribution < 1.29 is 9.90 Å². The average Bonchev–Trinajstić information content (AvgIpc) is 2.54. The van der Waals surface area contributed by atoms with Crippen molar-refractivity contribution >= 4 is 28.4 Å². The summed E-state index contributed by atoms with van der Waals surface area (Å²) in [7, 11) is 0. The highest BCUT2D eigenvalue weighted by Crippen LogP contribution is 2.20. The highest BCUT2D eigenvalue weighted by molar-refractivity contribution is 7.99. The summed E-state index contributed by atoms with van der Waals surface area (Å²) < 4.78 is 0. The van der Waals surface area contributed by atoms with E-state index in [1.807, 2.05) is 26.0 Å². The lowest BCUT2D eigenvalue weighted by Gasteiger charge is -2.15. The molecule has 0 fully saturated rings. The molecule has 0 saturated carbocycles. The predicted octanol–water partition coefficient (Wildman–Crippen LogP) is 3.38. The van der Waals surface area contributed by atoms with Crippen LogP contribution in [0, 0.1) is 5.92 Å². The standard InChI is InChI=1S/C18H23NO2S/c1-13(10-20)11-22-12-18(21)19-14(2)16-8-7-15-5-3-4-6-17(15)9-16/h3-9,13-14,20H,10-12H2,1-2H3,(H,19,21). The Bertz CT molecular complexity index is 629. The summed E-state index contributed by atoms with van der Waals surface area (Å²) in [5.41, 5.74) is 1.11. The summed E-state index contributed by atoms with van der Waals surface area (Å²) >= 11 is 1.56. The quantitative estimate of drug-likeness (QED) is 0.823. The number of benzene rings is 2. The van der Waals surface area contributed by atoms with E-state index in [1.165, 1.54) is 10.8 Å². The molecule has 0 heterocycles. The van der Waals surface area contributed by atoms with E-state index in [0.29, 0.717) is 5.75 Å². The molecule has 0 radical (unpaired) electrons. The van der Waals surface area contributed by atoms with Crippen LogP contribution in [0.1, 0.15) is 25.5 Å². The molecule has 0 aliphatic rings. The summed E-state index contributed by atoms with van der Waals surface area (Å²) in [4.78, 5) is 12.0. The Kier molecular flexibility index (Phi) is 6.28. The molecule has 2 unspecified atom stereocenters. The number of amides is 1. The lowest BCUT2D eigenvalue weighted by atomic mass is 10.0. The third-order valence-electron chi connectivity index (χ3n) is 3.60. The van der Waals surface area contributed by atoms with Crippen LogP contribution in [0.15, 0.2) is 42.5 Å². The summed E-state index contributed by atoms with van der Waals surface area (Å²) in [6.07, 6.45) is 0. The average molecular weight is 317 g/mol. The topological polar surface area (TPSA) is 49.3 Å². The molecule has 0 spiro atoms. The van der Waals surface area contributed by atoms with E-state index in [2.05, 4.69) is 35.6 Å². The molecule has 1 amide bonds. The lowest BCUT2D eigenvalue weighted by molar-refractivity contribution is -0.119. The van der Waals surface area contributed by atoms with Crippen molar-refractivity contribution in [3.63, 3.8) is 0 Å². The molecule has 22 heavy (non-hydrogen) atoms. The third-order valence-corrected chi connectivity index (χ3v) is 4.87. The third kappa shape index (κ3) is 4.75. The van der Waals surface area contributed by atoms with Crippen LogP contribution in [0.2, 0.25) is 0 Å². The minimum absolute atomic E-state index is 0.00651. The Labute approximate surface area is 136 Å². The Balaban J connectivity index is 1.90. The monoisotopic (exact) mass is 317 g/mol. The normalized spacial score (nSPS) is 13.8. The van der Waals surface area contributed by atoms with Crippen LogP contribution < -0.4 is 5.32 Å². The zero-order valence-corrected chi connectivity index (χ0v) is 13.9. The first-order valence-corrected chi connectivity index (χ1v) is 8.72. The highest BCUT2D eigenvalue weighted by Gasteiger charge is 2.10. The molecule has 0 bridgehead atoms. The second kappa shape index (κ2) is 8.20. The molecule has 0 saturated heterocycles. The molecule has 0 aliphatic carbocycles. The van der Waals surface area contributed by atoms with Gasteiger partial charge in [-0.2, -0.15) is 11.8 Å². The number of fused-ring (bicyclic) bond motifs is 1. The first-order valence-electron chi connectivity index (χ1n) is 7.57. The second-order valence-electron chi connectivity index (χ2n) is 5.70. The van der Waals surface area contributed by atoms with E-state index < -0.39 is 0 Å². The van der Waals surface area contributed by atoms with Crippen LogP contribution in [0.3, 0.4) is 0 Å². The van der Waals surface area contributed by atoms with Gasteiger partial charge in [-0.1, -0.05) is 43.3 Å². The van der Waals surface area contributed by atoms with Gasteiger partial charge < -0.3 is 10.4 Å². The van der Waals surface area contributed by atoms with Gasteiger partial charge in [0.1, 0.15) is 0 Å². The zero-order valence-electron chi connectivity index (χ0n) is 13.1. The fourth-order valence-corrected chi connectivity index (χ4v) is 3.14. The summed E-state index contributed by atoms with van der Waals surface area (Å²) in [5.74, 6) is 1.50. The van der Waals surface area contributed by atoms with Gasteiger partial charge in [-0.25, -0.2) is 0 Å². The fourth-order valence-electron chi connectivity index (χ4n) is 2.25. The summed E-state index contributed by atoms with van der Waals surface area (Å²) in [6.45, 7) is 4.15. The van der Waals surface area contributed by atoms with Gasteiger partial charge in [0.25, 0.3) is 0 Å². The molecule has 3 nitrogen and oxygen atoms in total. The largest absolute Gasteiger partial charge is 0.396 e. The van der Waals surface area contributed by atoms with Crippen molar-refractivity contribution in [1.29, 1.82) is 0 Å². The van der Waals surface area contributed by atoms with Gasteiger partial charge in [0.05, 0.1) is 11.8 Å². The van der Waals surface area contributed by atoms with Crippen LogP contribution in [-0.4, -0.2) is 29.1 Å². The number of carbonyl (C=O) groups is 1. The SMILES string of the molecule is CC(CO)CSCC(=O)NC(C)c1ccc2ccccc2c1. The van der Waals surface area contributed by atoms with Crippen LogP contribution in [0.25, 0.3) is 10.8 Å². The minimum atomic E-state index is -0.00651. The molecule has 118 valence electrons. The Morgan fingerprint density at radius 2 is 1.91 bits per heavy atom. The number of aliphatic hydroxyl groups is 1. The molecule has 0 aromatic heterocycles. The first kappa shape index (κ1) is 16.8. The van der Waals surface area contributed by atoms with Gasteiger partial charge in [0.2, 0.25) is 5.91 Å². The maximum atomic E-state index is 12.0. The van der Waals surface area contributed by atoms with Crippen LogP contribution >= 0.6 is 11.8 Å². The molecular formula is C18H23NO2S. The zero-order chi connectivity index (χ0) is 15.9. The Hall–Kier alpha value is -1.52. The molecule has 4 heteroatoms. The van der Waals surface area contributed by atoms with Crippen molar-refractivity contribution in [3.8, 4) is 0 Å². The predicted molar refractivity (Wildman–Crippen MR) is 94.1 cm³/mol. The van der Waals surface area contributed by atoms with E-state index in [9.17, 15) is 4.79 Å². The fraction of sp³-hybridized carbons (Fsp3) is 0.389. The molecule has 2 N–H and O–H groups in total. The molecule has 2 atom stereocenters. The number of thioether (sulfide) groups is 1. The van der Waals surface area contributed by atoms with Gasteiger partial charge in [-0.15, -0.1) is 0 Å². The highest BCUT2D eigenvalue weighted by atomic mass is 32.2. The number of hydrogen-bond donors (Lipinski definition) is 2. The van der Waals surface area contributed by atoms with Gasteiger partial charge >= 0.3 is 0 Å². The van der Waals surface area contributed by atoms with E-state index in [4.69, 9.17) is 5.11 Å². The van der Waals surface area contributed by atoms with Gasteiger partial charge in [-0.3, -0.25) is 4.79 Å². The minimum Gasteiger partial charge on any atom is -0.396 e. The molecule has 2 aromatic rings. The number of nitrogens with one attached hydrogen (secondary N) is 1. The smallest absolute Gasteiger partial charge is 0.230 e. The molecule has 2 rings (SSSR count). The van der Waals surface area contributed by atoms with Gasteiger partial charge in [0, 0.05) is 6.61 Å². The first-order chi connectivity index (χ1) is 10.6. The number of hydrogen-bond acceptors (Lipinski definition) is 3. The summed E-state index contributed by atoms with van der Waals surface area (Å²) in [5, 5.41) is 14.4. The maximum Gasteiger partial charge on any atom is 0.230 e. The molecular weight excluding hydrogens is 294 g/mol. The maximum absolute atomic E-state index is 12.0. The number of carbonyl (C=O) groups excluding carboxylic acids is 1. The van der Waals surface area contributed by atoms with Crippen molar-refractivity contribution in [2.45, 2.75) is 19.9 Å². The van der Waals surface area contributed by atoms with Crippen molar-refractivity contribution in [1.82, 2.24) is 5.32 Å². The van der Waals surface area contributed by atoms with Gasteiger partial charge in [0.15, 0.2) is 0 Å². The van der Waals surface area contributed by atoms with E-state index in [0.717, 1.165) is 11.3 Å². The van der Waals surface area contributed by atoms with Crippen molar-refractivity contribution in [2.24, 2.45) is 5.92 Å². The van der Waals surface area contributed by atoms with Crippen molar-refractivity contribution in [3.05, 3.63) is 48.0 Å². The van der Waals surface area contributed by atoms with E-state index in [1.54, 1.807) is 11.8 Å². The second-order valence-corrected chi connectivity index (χ2v) is 6.73. The number of aliphatic hydroxyl groups excluding tert-OH is 1. The van der Waals surface area contributed by atoms with Crippen LogP contribution in [0.4, 0.5) is 0 Å².